The minimum Gasteiger partial charge on any atom is -0.369 e. The van der Waals surface area contributed by atoms with Crippen LogP contribution >= 0.6 is 0 Å². The Bertz CT molecular complexity index is 1380. The highest BCUT2D eigenvalue weighted by Crippen LogP contribution is 2.51. The van der Waals surface area contributed by atoms with Crippen molar-refractivity contribution in [3.8, 4) is 0 Å². The largest absolute Gasteiger partial charge is 0.369 e. The Morgan fingerprint density at radius 1 is 1.12 bits per heavy atom. The fraction of sp³-hybridized carbons (Fsp3) is 0.656. The zero-order valence-corrected chi connectivity index (χ0v) is 24.0. The van der Waals surface area contributed by atoms with Crippen molar-refractivity contribution in [3.63, 3.8) is 0 Å². The summed E-state index contributed by atoms with van der Waals surface area (Å²) in [5.41, 5.74) is 8.10. The topological polar surface area (TPSA) is 117 Å². The highest BCUT2D eigenvalue weighted by Gasteiger charge is 2.60. The van der Waals surface area contributed by atoms with Gasteiger partial charge in [0, 0.05) is 31.2 Å². The molecule has 3 saturated carbocycles. The number of aromatic nitrogens is 2. The molecule has 3 aliphatic heterocycles. The van der Waals surface area contributed by atoms with Crippen LogP contribution in [0.3, 0.4) is 0 Å². The summed E-state index contributed by atoms with van der Waals surface area (Å²) in [5.74, 6) is 0.600. The molecular formula is C32H41FN6O3. The average Bonchev–Trinajstić information content (AvgIpc) is 3.61. The van der Waals surface area contributed by atoms with Gasteiger partial charge in [-0.05, 0) is 49.7 Å². The normalized spacial score (nSPS) is 39.8. The molecule has 42 heavy (non-hydrogen) atoms. The van der Waals surface area contributed by atoms with Crippen LogP contribution in [0.4, 0.5) is 4.39 Å². The lowest BCUT2D eigenvalue weighted by Gasteiger charge is -2.61. The first-order valence-electron chi connectivity index (χ1n) is 16.0. The van der Waals surface area contributed by atoms with E-state index in [2.05, 4.69) is 25.1 Å². The van der Waals surface area contributed by atoms with Gasteiger partial charge >= 0.3 is 0 Å². The summed E-state index contributed by atoms with van der Waals surface area (Å²) in [7, 11) is 0. The summed E-state index contributed by atoms with van der Waals surface area (Å²) in [4.78, 5) is 39.8. The third-order valence-electron chi connectivity index (χ3n) is 11.2. The molecule has 4 N–H and O–H groups in total. The molecule has 2 aromatic rings. The Labute approximate surface area is 245 Å². The van der Waals surface area contributed by atoms with E-state index in [0.29, 0.717) is 24.2 Å². The fourth-order valence-corrected chi connectivity index (χ4v) is 9.30. The first-order valence-corrected chi connectivity index (χ1v) is 16.0. The van der Waals surface area contributed by atoms with E-state index in [1.165, 1.54) is 25.7 Å². The summed E-state index contributed by atoms with van der Waals surface area (Å²) in [6.45, 7) is 1.58. The van der Waals surface area contributed by atoms with Gasteiger partial charge in [0.05, 0.1) is 53.5 Å². The molecule has 10 heteroatoms. The second-order valence-corrected chi connectivity index (χ2v) is 13.6. The fourth-order valence-electron chi connectivity index (χ4n) is 9.30. The number of ether oxygens (including phenoxy) is 1. The van der Waals surface area contributed by atoms with Crippen LogP contribution in [0.25, 0.3) is 11.0 Å². The molecule has 10 unspecified atom stereocenters. The number of carbonyl (C=O) groups excluding carboxylic acids is 2. The number of imidazole rings is 1. The van der Waals surface area contributed by atoms with Crippen molar-refractivity contribution in [1.82, 2.24) is 25.1 Å². The lowest BCUT2D eigenvalue weighted by atomic mass is 9.64. The predicted molar refractivity (Wildman–Crippen MR) is 155 cm³/mol. The molecule has 224 valence electrons. The number of H-pyrrole nitrogens is 1. The number of nitrogens with two attached hydrogens (primary N) is 1. The predicted octanol–water partition coefficient (Wildman–Crippen LogP) is 2.81. The van der Waals surface area contributed by atoms with Crippen molar-refractivity contribution >= 4 is 22.7 Å². The number of amides is 1. The minimum absolute atomic E-state index is 0.0281. The third-order valence-corrected chi connectivity index (χ3v) is 11.2. The van der Waals surface area contributed by atoms with Crippen molar-refractivity contribution in [2.24, 2.45) is 23.5 Å². The zero-order chi connectivity index (χ0) is 28.5. The molecule has 0 radical (unpaired) electrons. The second kappa shape index (κ2) is 10.4. The Morgan fingerprint density at radius 3 is 2.71 bits per heavy atom. The van der Waals surface area contributed by atoms with Gasteiger partial charge in [-0.25, -0.2) is 9.37 Å². The van der Waals surface area contributed by atoms with Crippen LogP contribution in [0.15, 0.2) is 36.0 Å². The quantitative estimate of drug-likeness (QED) is 0.480. The van der Waals surface area contributed by atoms with Gasteiger partial charge in [0.2, 0.25) is 0 Å². The number of hydrogen-bond acceptors (Lipinski definition) is 7. The monoisotopic (exact) mass is 576 g/mol. The molecular weight excluding hydrogens is 535 g/mol. The van der Waals surface area contributed by atoms with Crippen molar-refractivity contribution in [1.29, 1.82) is 0 Å². The number of fused-ring (bicyclic) bond motifs is 4. The number of carbonyl (C=O) groups is 2. The van der Waals surface area contributed by atoms with Gasteiger partial charge in [-0.15, -0.1) is 0 Å². The highest BCUT2D eigenvalue weighted by atomic mass is 19.1. The molecule has 1 amide bonds. The Hall–Kier alpha value is -2.82. The van der Waals surface area contributed by atoms with E-state index in [9.17, 15) is 9.59 Å². The number of aromatic amines is 1. The molecule has 5 fully saturated rings. The number of alkyl halides is 1. The maximum Gasteiger partial charge on any atom is 0.256 e. The molecule has 0 bridgehead atoms. The first kappa shape index (κ1) is 26.8. The minimum atomic E-state index is -1.21. The van der Waals surface area contributed by atoms with E-state index in [4.69, 9.17) is 10.5 Å². The smallest absolute Gasteiger partial charge is 0.256 e. The number of likely N-dealkylation sites (tertiary alicyclic amines) is 1. The highest BCUT2D eigenvalue weighted by molar-refractivity contribution is 6.20. The zero-order valence-electron chi connectivity index (χ0n) is 24.0. The van der Waals surface area contributed by atoms with Crippen LogP contribution < -0.4 is 11.1 Å². The molecule has 8 rings (SSSR count). The molecule has 2 saturated heterocycles. The molecule has 1 aromatic carbocycles. The molecule has 1 aromatic heterocycles. The number of rotatable bonds is 4. The van der Waals surface area contributed by atoms with Gasteiger partial charge in [-0.2, -0.15) is 0 Å². The Kier molecular flexibility index (Phi) is 6.64. The van der Waals surface area contributed by atoms with Gasteiger partial charge < -0.3 is 25.7 Å². The molecule has 0 spiro atoms. The van der Waals surface area contributed by atoms with E-state index in [1.807, 2.05) is 30.5 Å². The number of halogens is 1. The van der Waals surface area contributed by atoms with Crippen LogP contribution in [-0.4, -0.2) is 87.1 Å². The Morgan fingerprint density at radius 2 is 1.93 bits per heavy atom. The van der Waals surface area contributed by atoms with E-state index in [0.717, 1.165) is 36.8 Å². The summed E-state index contributed by atoms with van der Waals surface area (Å²) >= 11 is 0. The molecule has 6 aliphatic rings. The number of nitrogens with zero attached hydrogens (tertiary/aromatic N) is 3. The summed E-state index contributed by atoms with van der Waals surface area (Å²) in [6, 6.07) is 7.15. The second-order valence-electron chi connectivity index (χ2n) is 13.6. The maximum atomic E-state index is 16.2. The van der Waals surface area contributed by atoms with Gasteiger partial charge in [-0.1, -0.05) is 37.8 Å². The van der Waals surface area contributed by atoms with Crippen LogP contribution in [-0.2, 0) is 20.9 Å². The summed E-state index contributed by atoms with van der Waals surface area (Å²) < 4.78 is 23.1. The Balaban J connectivity index is 1.11. The van der Waals surface area contributed by atoms with Gasteiger partial charge in [0.15, 0.2) is 5.78 Å². The van der Waals surface area contributed by atoms with Crippen molar-refractivity contribution < 1.29 is 18.7 Å². The third kappa shape index (κ3) is 4.40. The first-order chi connectivity index (χ1) is 20.4. The van der Waals surface area contributed by atoms with E-state index in [-0.39, 0.29) is 48.6 Å². The number of morpholine rings is 1. The average molecular weight is 577 g/mol. The number of benzene rings is 1. The lowest BCUT2D eigenvalue weighted by Crippen LogP contribution is -2.73. The lowest BCUT2D eigenvalue weighted by molar-refractivity contribution is -0.219. The van der Waals surface area contributed by atoms with Gasteiger partial charge in [0.1, 0.15) is 12.0 Å². The van der Waals surface area contributed by atoms with Crippen LogP contribution in [0.1, 0.15) is 57.2 Å². The SMILES string of the molecule is NC1CCN(C2C(F)CC3C(=O)C(C(=O)NCc4nc5ccccc5[nH]4)=CN4C5CC6CCCCC6CC5OC2C34)C1. The van der Waals surface area contributed by atoms with E-state index >= 15 is 4.39 Å². The van der Waals surface area contributed by atoms with Crippen molar-refractivity contribution in [2.45, 2.75) is 100 Å². The summed E-state index contributed by atoms with van der Waals surface area (Å²) in [6.07, 6.45) is 8.06. The standard InChI is InChI=1S/C32H41FN6O3/c33-22-13-20-28-31(29(22)38-10-9-19(34)15-38)42-26-12-18-6-2-1-5-17(18)11-25(26)39(28)16-21(30(20)40)32(41)35-14-27-36-23-7-3-4-8-24(23)37-27/h3-4,7-8,16-20,22,25-26,28-29,31H,1-2,5-6,9-15,34H2,(H,35,41)(H,36,37). The van der Waals surface area contributed by atoms with Crippen LogP contribution in [0, 0.1) is 17.8 Å². The molecule has 4 heterocycles. The molecule has 10 atom stereocenters. The summed E-state index contributed by atoms with van der Waals surface area (Å²) in [5, 5.41) is 2.92. The van der Waals surface area contributed by atoms with Crippen molar-refractivity contribution in [2.75, 3.05) is 13.1 Å². The number of para-hydroxylation sites is 2. The molecule has 3 aliphatic carbocycles. The van der Waals surface area contributed by atoms with Gasteiger partial charge in [-0.3, -0.25) is 14.5 Å². The number of nitrogens with one attached hydrogen (secondary N) is 2. The van der Waals surface area contributed by atoms with Gasteiger partial charge in [0.25, 0.3) is 5.91 Å². The van der Waals surface area contributed by atoms with Crippen LogP contribution in [0.2, 0.25) is 0 Å². The number of ketones is 1. The number of hydrogen-bond donors (Lipinski definition) is 3. The van der Waals surface area contributed by atoms with Crippen molar-refractivity contribution in [3.05, 3.63) is 41.9 Å². The number of Topliss-reactive ketones (excluding diaryl/α,β-unsaturated/α-hetero) is 1. The molecule has 9 nitrogen and oxygen atoms in total. The van der Waals surface area contributed by atoms with E-state index in [1.54, 1.807) is 0 Å². The maximum absolute atomic E-state index is 16.2. The van der Waals surface area contributed by atoms with E-state index < -0.39 is 30.1 Å². The van der Waals surface area contributed by atoms with Crippen LogP contribution in [0.5, 0.6) is 0 Å².